The van der Waals surface area contributed by atoms with Gasteiger partial charge in [-0.3, -0.25) is 4.90 Å². The number of rotatable bonds is 8. The van der Waals surface area contributed by atoms with Gasteiger partial charge in [-0.2, -0.15) is 0 Å². The molecule has 0 bridgehead atoms. The van der Waals surface area contributed by atoms with Crippen LogP contribution in [0.25, 0.3) is 0 Å². The molecule has 0 N–H and O–H groups in total. The van der Waals surface area contributed by atoms with Crippen LogP contribution in [0.3, 0.4) is 0 Å². The number of tetrazole rings is 1. The second kappa shape index (κ2) is 10.1. The summed E-state index contributed by atoms with van der Waals surface area (Å²) in [7, 11) is 5.38. The molecule has 8 nitrogen and oxygen atoms in total. The Morgan fingerprint density at radius 1 is 0.969 bits per heavy atom. The molecule has 4 rings (SSSR count). The van der Waals surface area contributed by atoms with Gasteiger partial charge in [-0.15, -0.1) is 5.10 Å². The Kier molecular flexibility index (Phi) is 6.96. The van der Waals surface area contributed by atoms with E-state index in [1.54, 1.807) is 14.2 Å². The lowest BCUT2D eigenvalue weighted by Crippen LogP contribution is -2.46. The van der Waals surface area contributed by atoms with Crippen LogP contribution < -0.4 is 9.47 Å². The van der Waals surface area contributed by atoms with Crippen molar-refractivity contribution < 1.29 is 13.9 Å². The number of hydrogen-bond donors (Lipinski definition) is 0. The van der Waals surface area contributed by atoms with Crippen molar-refractivity contribution in [2.45, 2.75) is 19.0 Å². The third-order valence-electron chi connectivity index (χ3n) is 5.95. The smallest absolute Gasteiger partial charge is 0.173 e. The zero-order valence-electron chi connectivity index (χ0n) is 18.7. The minimum absolute atomic E-state index is 0.135. The van der Waals surface area contributed by atoms with Gasteiger partial charge in [-0.05, 0) is 59.3 Å². The molecule has 32 heavy (non-hydrogen) atoms. The van der Waals surface area contributed by atoms with Crippen molar-refractivity contribution in [3.8, 4) is 11.5 Å². The van der Waals surface area contributed by atoms with Crippen molar-refractivity contribution >= 4 is 0 Å². The van der Waals surface area contributed by atoms with Crippen LogP contribution >= 0.6 is 0 Å². The second-order valence-electron chi connectivity index (χ2n) is 7.99. The molecule has 0 saturated carbocycles. The van der Waals surface area contributed by atoms with Crippen molar-refractivity contribution in [1.29, 1.82) is 0 Å². The third kappa shape index (κ3) is 4.89. The van der Waals surface area contributed by atoms with E-state index in [1.165, 1.54) is 12.1 Å². The molecule has 170 valence electrons. The average Bonchev–Trinajstić information content (AvgIpc) is 3.28. The van der Waals surface area contributed by atoms with Crippen LogP contribution in [0.2, 0.25) is 0 Å². The molecule has 2 aromatic carbocycles. The maximum atomic E-state index is 13.6. The minimum Gasteiger partial charge on any atom is -0.493 e. The van der Waals surface area contributed by atoms with Crippen molar-refractivity contribution in [2.75, 3.05) is 47.4 Å². The van der Waals surface area contributed by atoms with E-state index in [-0.39, 0.29) is 11.9 Å². The predicted octanol–water partition coefficient (Wildman–Crippen LogP) is 2.41. The third-order valence-corrected chi connectivity index (χ3v) is 5.95. The van der Waals surface area contributed by atoms with E-state index in [2.05, 4.69) is 32.4 Å². The van der Waals surface area contributed by atoms with Crippen LogP contribution in [0.5, 0.6) is 11.5 Å². The highest BCUT2D eigenvalue weighted by molar-refractivity contribution is 5.42. The molecule has 1 fully saturated rings. The quantitative estimate of drug-likeness (QED) is 0.533. The molecule has 1 atom stereocenters. The van der Waals surface area contributed by atoms with Gasteiger partial charge >= 0.3 is 0 Å². The molecule has 0 aliphatic carbocycles. The molecule has 9 heteroatoms. The Morgan fingerprint density at radius 3 is 2.38 bits per heavy atom. The largest absolute Gasteiger partial charge is 0.493 e. The first-order valence-corrected chi connectivity index (χ1v) is 10.7. The Bertz CT molecular complexity index is 1020. The summed E-state index contributed by atoms with van der Waals surface area (Å²) in [5.74, 6) is 1.91. The second-order valence-corrected chi connectivity index (χ2v) is 7.99. The van der Waals surface area contributed by atoms with Crippen LogP contribution in [-0.4, -0.2) is 77.5 Å². The monoisotopic (exact) mass is 440 g/mol. The van der Waals surface area contributed by atoms with Gasteiger partial charge in [-0.1, -0.05) is 18.2 Å². The van der Waals surface area contributed by atoms with E-state index < -0.39 is 0 Å². The molecule has 0 unspecified atom stereocenters. The Labute approximate surface area is 187 Å². The number of likely N-dealkylation sites (N-methyl/N-ethyl adjacent to an activating group) is 1. The van der Waals surface area contributed by atoms with E-state index in [0.717, 1.165) is 49.6 Å². The molecule has 1 aliphatic heterocycles. The van der Waals surface area contributed by atoms with Gasteiger partial charge < -0.3 is 14.4 Å². The molecule has 1 saturated heterocycles. The lowest BCUT2D eigenvalue weighted by molar-refractivity contribution is 0.121. The molecule has 1 aliphatic rings. The van der Waals surface area contributed by atoms with Crippen LogP contribution in [0.4, 0.5) is 4.39 Å². The highest BCUT2D eigenvalue weighted by atomic mass is 19.1. The normalized spacial score (nSPS) is 16.1. The Balaban J connectivity index is 1.58. The fourth-order valence-corrected chi connectivity index (χ4v) is 4.09. The molecule has 2 heterocycles. The minimum atomic E-state index is -0.251. The maximum absolute atomic E-state index is 13.6. The fourth-order valence-electron chi connectivity index (χ4n) is 4.09. The standard InChI is InChI=1S/C23H29FN6O2/c1-28-12-14-29(15-13-28)22(18-5-7-19(24)8-6-18)23-25-26-27-30(23)11-10-17-4-9-20(31-2)21(16-17)32-3/h4-9,16,22H,10-15H2,1-3H3/t22-/m0/s1. The number of hydrogen-bond acceptors (Lipinski definition) is 7. The van der Waals surface area contributed by atoms with Crippen LogP contribution in [0.15, 0.2) is 42.5 Å². The Hall–Kier alpha value is -3.04. The van der Waals surface area contributed by atoms with Gasteiger partial charge in [0, 0.05) is 32.7 Å². The fraction of sp³-hybridized carbons (Fsp3) is 0.435. The maximum Gasteiger partial charge on any atom is 0.173 e. The lowest BCUT2D eigenvalue weighted by atomic mass is 10.0. The van der Waals surface area contributed by atoms with Crippen molar-refractivity contribution in [2.24, 2.45) is 0 Å². The topological polar surface area (TPSA) is 68.5 Å². The summed E-state index contributed by atoms with van der Waals surface area (Å²) < 4.78 is 26.2. The van der Waals surface area contributed by atoms with Gasteiger partial charge in [0.1, 0.15) is 5.82 Å². The average molecular weight is 441 g/mol. The molecule has 0 amide bonds. The number of ether oxygens (including phenoxy) is 2. The van der Waals surface area contributed by atoms with E-state index in [0.29, 0.717) is 18.0 Å². The summed E-state index contributed by atoms with van der Waals surface area (Å²) in [6.45, 7) is 4.32. The van der Waals surface area contributed by atoms with Crippen LogP contribution in [-0.2, 0) is 13.0 Å². The molecule has 1 aromatic heterocycles. The van der Waals surface area contributed by atoms with Crippen molar-refractivity contribution in [1.82, 2.24) is 30.0 Å². The van der Waals surface area contributed by atoms with E-state index >= 15 is 0 Å². The van der Waals surface area contributed by atoms with Crippen molar-refractivity contribution in [3.05, 3.63) is 65.2 Å². The number of halogens is 1. The summed E-state index contributed by atoms with van der Waals surface area (Å²) in [5, 5.41) is 12.6. The summed E-state index contributed by atoms with van der Waals surface area (Å²) >= 11 is 0. The number of aromatic nitrogens is 4. The SMILES string of the molecule is COc1ccc(CCn2nnnc2[C@H](c2ccc(F)cc2)N2CCN(C)CC2)cc1OC. The molecule has 3 aromatic rings. The molecule has 0 spiro atoms. The van der Waals surface area contributed by atoms with Gasteiger partial charge in [0.25, 0.3) is 0 Å². The molecular formula is C23H29FN6O2. The predicted molar refractivity (Wildman–Crippen MR) is 118 cm³/mol. The summed E-state index contributed by atoms with van der Waals surface area (Å²) in [6.07, 6.45) is 0.733. The highest BCUT2D eigenvalue weighted by Crippen LogP contribution is 2.30. The van der Waals surface area contributed by atoms with Gasteiger partial charge in [0.05, 0.1) is 20.3 Å². The zero-order chi connectivity index (χ0) is 22.5. The van der Waals surface area contributed by atoms with Gasteiger partial charge in [0.2, 0.25) is 0 Å². The number of methoxy groups -OCH3 is 2. The van der Waals surface area contributed by atoms with Crippen molar-refractivity contribution in [3.63, 3.8) is 0 Å². The van der Waals surface area contributed by atoms with Crippen LogP contribution in [0.1, 0.15) is 23.0 Å². The first-order chi connectivity index (χ1) is 15.6. The summed E-state index contributed by atoms with van der Waals surface area (Å²) in [5.41, 5.74) is 2.08. The van der Waals surface area contributed by atoms with Crippen LogP contribution in [0, 0.1) is 5.82 Å². The number of benzene rings is 2. The highest BCUT2D eigenvalue weighted by Gasteiger charge is 2.30. The summed E-state index contributed by atoms with van der Waals surface area (Å²) in [4.78, 5) is 4.67. The molecular weight excluding hydrogens is 411 g/mol. The summed E-state index contributed by atoms with van der Waals surface area (Å²) in [6, 6.07) is 12.4. The first-order valence-electron chi connectivity index (χ1n) is 10.7. The zero-order valence-corrected chi connectivity index (χ0v) is 18.7. The number of piperazine rings is 1. The Morgan fingerprint density at radius 2 is 1.69 bits per heavy atom. The van der Waals surface area contributed by atoms with Gasteiger partial charge in [0.15, 0.2) is 17.3 Å². The molecule has 0 radical (unpaired) electrons. The van der Waals surface area contributed by atoms with Gasteiger partial charge in [-0.25, -0.2) is 9.07 Å². The van der Waals surface area contributed by atoms with E-state index in [4.69, 9.17) is 9.47 Å². The number of aryl methyl sites for hydroxylation is 2. The first kappa shape index (κ1) is 22.2. The van der Waals surface area contributed by atoms with E-state index in [1.807, 2.05) is 35.0 Å². The lowest BCUT2D eigenvalue weighted by Gasteiger charge is -2.37. The number of nitrogens with zero attached hydrogens (tertiary/aromatic N) is 6. The van der Waals surface area contributed by atoms with E-state index in [9.17, 15) is 4.39 Å².